The van der Waals surface area contributed by atoms with Gasteiger partial charge in [0.15, 0.2) is 0 Å². The third kappa shape index (κ3) is 2.92. The first-order valence-electron chi connectivity index (χ1n) is 5.61. The number of aliphatic hydroxyl groups is 1. The Balaban J connectivity index is 2.83. The van der Waals surface area contributed by atoms with Crippen LogP contribution in [0.25, 0.3) is 0 Å². The van der Waals surface area contributed by atoms with Gasteiger partial charge in [0, 0.05) is 12.6 Å². The summed E-state index contributed by atoms with van der Waals surface area (Å²) in [6.45, 7) is 3.82. The van der Waals surface area contributed by atoms with Gasteiger partial charge in [0.05, 0.1) is 11.9 Å². The Kier molecular flexibility index (Phi) is 4.55. The van der Waals surface area contributed by atoms with Crippen LogP contribution >= 0.6 is 0 Å². The topological polar surface area (TPSA) is 57.6 Å². The molecule has 0 amide bonds. The minimum Gasteiger partial charge on any atom is -0.395 e. The molecule has 2 atom stereocenters. The van der Waals surface area contributed by atoms with E-state index in [9.17, 15) is 8.42 Å². The van der Waals surface area contributed by atoms with Crippen molar-refractivity contribution in [3.63, 3.8) is 0 Å². The summed E-state index contributed by atoms with van der Waals surface area (Å²) in [4.78, 5) is 0. The Morgan fingerprint density at radius 3 is 2.67 bits per heavy atom. The van der Waals surface area contributed by atoms with Gasteiger partial charge in [0.25, 0.3) is 0 Å². The SMILES string of the molecule is CC1CCCCCN1S(=O)(=O)C(C)CO. The summed E-state index contributed by atoms with van der Waals surface area (Å²) in [6, 6.07) is 0.0755. The van der Waals surface area contributed by atoms with Gasteiger partial charge in [-0.25, -0.2) is 8.42 Å². The van der Waals surface area contributed by atoms with E-state index in [0.717, 1.165) is 25.7 Å². The summed E-state index contributed by atoms with van der Waals surface area (Å²) in [5.41, 5.74) is 0. The van der Waals surface area contributed by atoms with E-state index in [-0.39, 0.29) is 12.6 Å². The normalized spacial score (nSPS) is 27.3. The van der Waals surface area contributed by atoms with Gasteiger partial charge in [-0.15, -0.1) is 0 Å². The molecule has 1 aliphatic heterocycles. The molecule has 0 aromatic rings. The quantitative estimate of drug-likeness (QED) is 0.792. The predicted octanol–water partition coefficient (Wildman–Crippen LogP) is 0.962. The molecule has 1 fully saturated rings. The van der Waals surface area contributed by atoms with Gasteiger partial charge in [0.2, 0.25) is 10.0 Å². The Morgan fingerprint density at radius 2 is 2.07 bits per heavy atom. The summed E-state index contributed by atoms with van der Waals surface area (Å²) in [7, 11) is -3.30. The molecule has 0 spiro atoms. The molecule has 0 saturated carbocycles. The van der Waals surface area contributed by atoms with Crippen molar-refractivity contribution in [2.45, 2.75) is 50.8 Å². The maximum Gasteiger partial charge on any atom is 0.219 e. The van der Waals surface area contributed by atoms with Crippen molar-refractivity contribution in [1.82, 2.24) is 4.31 Å². The van der Waals surface area contributed by atoms with Crippen LogP contribution in [0.1, 0.15) is 39.5 Å². The molecule has 1 aliphatic rings. The van der Waals surface area contributed by atoms with Crippen molar-refractivity contribution >= 4 is 10.0 Å². The molecule has 5 heteroatoms. The summed E-state index contributed by atoms with van der Waals surface area (Å²) in [5.74, 6) is 0. The van der Waals surface area contributed by atoms with Crippen molar-refractivity contribution in [3.8, 4) is 0 Å². The number of aliphatic hydroxyl groups excluding tert-OH is 1. The van der Waals surface area contributed by atoms with Crippen LogP contribution < -0.4 is 0 Å². The van der Waals surface area contributed by atoms with E-state index in [4.69, 9.17) is 5.11 Å². The molecule has 2 unspecified atom stereocenters. The lowest BCUT2D eigenvalue weighted by atomic mass is 10.1. The van der Waals surface area contributed by atoms with Gasteiger partial charge >= 0.3 is 0 Å². The van der Waals surface area contributed by atoms with Crippen LogP contribution in [0.2, 0.25) is 0 Å². The highest BCUT2D eigenvalue weighted by molar-refractivity contribution is 7.89. The van der Waals surface area contributed by atoms with Gasteiger partial charge in [-0.1, -0.05) is 12.8 Å². The first-order valence-corrected chi connectivity index (χ1v) is 7.12. The van der Waals surface area contributed by atoms with Crippen molar-refractivity contribution in [2.24, 2.45) is 0 Å². The van der Waals surface area contributed by atoms with E-state index in [1.54, 1.807) is 11.2 Å². The van der Waals surface area contributed by atoms with Crippen molar-refractivity contribution in [2.75, 3.05) is 13.2 Å². The van der Waals surface area contributed by atoms with Crippen molar-refractivity contribution < 1.29 is 13.5 Å². The van der Waals surface area contributed by atoms with Crippen molar-refractivity contribution in [1.29, 1.82) is 0 Å². The zero-order valence-corrected chi connectivity index (χ0v) is 10.3. The predicted molar refractivity (Wildman–Crippen MR) is 60.1 cm³/mol. The fraction of sp³-hybridized carbons (Fsp3) is 1.00. The fourth-order valence-corrected chi connectivity index (χ4v) is 3.59. The Bertz CT molecular complexity index is 289. The number of hydrogen-bond donors (Lipinski definition) is 1. The lowest BCUT2D eigenvalue weighted by Crippen LogP contribution is -2.43. The monoisotopic (exact) mass is 235 g/mol. The summed E-state index contributed by atoms with van der Waals surface area (Å²) >= 11 is 0. The van der Waals surface area contributed by atoms with Crippen LogP contribution in [-0.2, 0) is 10.0 Å². The number of hydrogen-bond acceptors (Lipinski definition) is 3. The smallest absolute Gasteiger partial charge is 0.219 e. The van der Waals surface area contributed by atoms with E-state index in [2.05, 4.69) is 0 Å². The average Bonchev–Trinajstić information content (AvgIpc) is 2.41. The molecule has 1 saturated heterocycles. The highest BCUT2D eigenvalue weighted by Crippen LogP contribution is 2.21. The molecule has 1 heterocycles. The largest absolute Gasteiger partial charge is 0.395 e. The molecular formula is C10H21NO3S. The fourth-order valence-electron chi connectivity index (χ4n) is 1.95. The van der Waals surface area contributed by atoms with E-state index < -0.39 is 15.3 Å². The van der Waals surface area contributed by atoms with Gasteiger partial charge in [-0.05, 0) is 26.7 Å². The maximum absolute atomic E-state index is 12.0. The second-order valence-corrected chi connectivity index (χ2v) is 6.65. The van der Waals surface area contributed by atoms with Gasteiger partial charge in [-0.3, -0.25) is 0 Å². The summed E-state index contributed by atoms with van der Waals surface area (Å²) in [6.07, 6.45) is 4.06. The second kappa shape index (κ2) is 5.27. The van der Waals surface area contributed by atoms with Crippen LogP contribution in [-0.4, -0.2) is 42.3 Å². The molecule has 15 heavy (non-hydrogen) atoms. The third-order valence-electron chi connectivity index (χ3n) is 3.08. The molecule has 4 nitrogen and oxygen atoms in total. The van der Waals surface area contributed by atoms with Crippen LogP contribution in [0.15, 0.2) is 0 Å². The number of nitrogens with zero attached hydrogens (tertiary/aromatic N) is 1. The summed E-state index contributed by atoms with van der Waals surface area (Å²) in [5, 5.41) is 8.27. The molecular weight excluding hydrogens is 214 g/mol. The first kappa shape index (κ1) is 12.9. The molecule has 1 N–H and O–H groups in total. The Morgan fingerprint density at radius 1 is 1.40 bits per heavy atom. The maximum atomic E-state index is 12.0. The van der Waals surface area contributed by atoms with Gasteiger partial charge < -0.3 is 5.11 Å². The Labute approximate surface area is 92.3 Å². The van der Waals surface area contributed by atoms with Crippen LogP contribution in [0, 0.1) is 0 Å². The second-order valence-electron chi connectivity index (χ2n) is 4.35. The molecule has 0 aliphatic carbocycles. The highest BCUT2D eigenvalue weighted by atomic mass is 32.2. The number of sulfonamides is 1. The lowest BCUT2D eigenvalue weighted by Gasteiger charge is -2.28. The molecule has 0 aromatic heterocycles. The average molecular weight is 235 g/mol. The molecule has 0 aromatic carbocycles. The summed E-state index contributed by atoms with van der Waals surface area (Å²) < 4.78 is 25.7. The molecule has 0 bridgehead atoms. The zero-order chi connectivity index (χ0) is 11.5. The zero-order valence-electron chi connectivity index (χ0n) is 9.52. The first-order chi connectivity index (χ1) is 7.00. The minimum absolute atomic E-state index is 0.0755. The lowest BCUT2D eigenvalue weighted by molar-refractivity contribution is 0.281. The molecule has 0 radical (unpaired) electrons. The minimum atomic E-state index is -3.30. The van der Waals surface area contributed by atoms with Crippen LogP contribution in [0.3, 0.4) is 0 Å². The van der Waals surface area contributed by atoms with E-state index in [1.165, 1.54) is 0 Å². The van der Waals surface area contributed by atoms with Crippen LogP contribution in [0.5, 0.6) is 0 Å². The van der Waals surface area contributed by atoms with Gasteiger partial charge in [0.1, 0.15) is 0 Å². The van der Waals surface area contributed by atoms with E-state index in [1.807, 2.05) is 6.92 Å². The Hall–Kier alpha value is -0.130. The molecule has 1 rings (SSSR count). The highest BCUT2D eigenvalue weighted by Gasteiger charge is 2.32. The number of rotatable bonds is 3. The molecule has 90 valence electrons. The standard InChI is InChI=1S/C10H21NO3S/c1-9-6-4-3-5-7-11(9)15(13,14)10(2)8-12/h9-10,12H,3-8H2,1-2H3. The third-order valence-corrected chi connectivity index (χ3v) is 5.45. The van der Waals surface area contributed by atoms with Gasteiger partial charge in [-0.2, -0.15) is 4.31 Å². The van der Waals surface area contributed by atoms with Crippen molar-refractivity contribution in [3.05, 3.63) is 0 Å². The van der Waals surface area contributed by atoms with E-state index in [0.29, 0.717) is 6.54 Å². The van der Waals surface area contributed by atoms with E-state index >= 15 is 0 Å². The van der Waals surface area contributed by atoms with Crippen LogP contribution in [0.4, 0.5) is 0 Å².